The summed E-state index contributed by atoms with van der Waals surface area (Å²) >= 11 is 3.44. The minimum atomic E-state index is -0.511. The van der Waals surface area contributed by atoms with Gasteiger partial charge in [0.05, 0.1) is 18.8 Å². The van der Waals surface area contributed by atoms with Crippen LogP contribution in [0.4, 0.5) is 10.5 Å². The van der Waals surface area contributed by atoms with Gasteiger partial charge in [-0.3, -0.25) is 0 Å². The standard InChI is InChI=1S/C18H26BrN3O4/c1-6-12-11-21(9-10-22(12)17(24)26-18(2,3)4)14-8-7-13(16(23)25-5)20-15(14)19/h7-8,12H,6,9-11H2,1-5H3/t12-/m1/s1. The summed E-state index contributed by atoms with van der Waals surface area (Å²) in [4.78, 5) is 32.3. The Balaban J connectivity index is 2.13. The first-order chi connectivity index (χ1) is 12.2. The maximum absolute atomic E-state index is 12.5. The van der Waals surface area contributed by atoms with Gasteiger partial charge in [-0.15, -0.1) is 0 Å². The molecule has 0 saturated carbocycles. The SMILES string of the molecule is CC[C@@H]1CN(c2ccc(C(=O)OC)nc2Br)CCN1C(=O)OC(C)(C)C. The number of hydrogen-bond donors (Lipinski definition) is 0. The number of pyridine rings is 1. The molecule has 144 valence electrons. The van der Waals surface area contributed by atoms with Crippen molar-refractivity contribution in [3.63, 3.8) is 0 Å². The Morgan fingerprint density at radius 1 is 1.31 bits per heavy atom. The molecule has 26 heavy (non-hydrogen) atoms. The molecular formula is C18H26BrN3O4. The van der Waals surface area contributed by atoms with Crippen LogP contribution < -0.4 is 4.90 Å². The molecule has 0 unspecified atom stereocenters. The summed E-state index contributed by atoms with van der Waals surface area (Å²) in [7, 11) is 1.33. The Morgan fingerprint density at radius 3 is 2.54 bits per heavy atom. The van der Waals surface area contributed by atoms with Crippen LogP contribution in [0, 0.1) is 0 Å². The summed E-state index contributed by atoms with van der Waals surface area (Å²) in [5.41, 5.74) is 0.630. The molecule has 1 atom stereocenters. The van der Waals surface area contributed by atoms with E-state index in [1.165, 1.54) is 7.11 Å². The van der Waals surface area contributed by atoms with E-state index in [-0.39, 0.29) is 17.8 Å². The number of esters is 1. The third kappa shape index (κ3) is 4.87. The molecule has 1 aromatic rings. The second-order valence-corrected chi connectivity index (χ2v) is 7.93. The van der Waals surface area contributed by atoms with Gasteiger partial charge in [0.25, 0.3) is 0 Å². The number of hydrogen-bond acceptors (Lipinski definition) is 6. The zero-order chi connectivity index (χ0) is 19.5. The second-order valence-electron chi connectivity index (χ2n) is 7.18. The van der Waals surface area contributed by atoms with Crippen LogP contribution in [0.3, 0.4) is 0 Å². The molecule has 1 aromatic heterocycles. The first kappa shape index (κ1) is 20.5. The molecule has 0 radical (unpaired) electrons. The number of nitrogens with zero attached hydrogens (tertiary/aromatic N) is 3. The van der Waals surface area contributed by atoms with Gasteiger partial charge in [-0.25, -0.2) is 14.6 Å². The number of rotatable bonds is 3. The van der Waals surface area contributed by atoms with Crippen LogP contribution >= 0.6 is 15.9 Å². The fourth-order valence-electron chi connectivity index (χ4n) is 2.87. The van der Waals surface area contributed by atoms with Crippen molar-refractivity contribution in [2.24, 2.45) is 0 Å². The summed E-state index contributed by atoms with van der Waals surface area (Å²) in [6.07, 6.45) is 0.545. The van der Waals surface area contributed by atoms with Crippen molar-refractivity contribution in [2.75, 3.05) is 31.6 Å². The maximum atomic E-state index is 12.5. The quantitative estimate of drug-likeness (QED) is 0.543. The first-order valence-corrected chi connectivity index (χ1v) is 9.45. The smallest absolute Gasteiger partial charge is 0.410 e. The minimum absolute atomic E-state index is 0.0470. The number of carbonyl (C=O) groups excluding carboxylic acids is 2. The van der Waals surface area contributed by atoms with Gasteiger partial charge in [-0.1, -0.05) is 6.92 Å². The highest BCUT2D eigenvalue weighted by Gasteiger charge is 2.33. The van der Waals surface area contributed by atoms with Crippen LogP contribution in [0.25, 0.3) is 0 Å². The van der Waals surface area contributed by atoms with Crippen LogP contribution in [0.15, 0.2) is 16.7 Å². The van der Waals surface area contributed by atoms with Gasteiger partial charge in [0.1, 0.15) is 15.9 Å². The van der Waals surface area contributed by atoms with E-state index in [9.17, 15) is 9.59 Å². The molecule has 1 fully saturated rings. The number of piperazine rings is 1. The van der Waals surface area contributed by atoms with Crippen LogP contribution in [-0.4, -0.2) is 60.3 Å². The van der Waals surface area contributed by atoms with E-state index in [2.05, 4.69) is 32.7 Å². The highest BCUT2D eigenvalue weighted by atomic mass is 79.9. The zero-order valence-electron chi connectivity index (χ0n) is 15.9. The lowest BCUT2D eigenvalue weighted by Crippen LogP contribution is -2.56. The van der Waals surface area contributed by atoms with Crippen LogP contribution in [0.2, 0.25) is 0 Å². The van der Waals surface area contributed by atoms with Crippen molar-refractivity contribution >= 4 is 33.7 Å². The second kappa shape index (κ2) is 8.24. The van der Waals surface area contributed by atoms with Crippen LogP contribution in [0.5, 0.6) is 0 Å². The Morgan fingerprint density at radius 2 is 2.00 bits per heavy atom. The molecule has 1 aliphatic rings. The summed E-state index contributed by atoms with van der Waals surface area (Å²) < 4.78 is 10.8. The Kier molecular flexibility index (Phi) is 6.49. The molecule has 0 aliphatic carbocycles. The van der Waals surface area contributed by atoms with Gasteiger partial charge in [0, 0.05) is 19.6 Å². The van der Waals surface area contributed by atoms with Gasteiger partial charge in [0.2, 0.25) is 0 Å². The van der Waals surface area contributed by atoms with E-state index in [1.54, 1.807) is 11.0 Å². The Hall–Kier alpha value is -1.83. The molecule has 2 rings (SSSR count). The van der Waals surface area contributed by atoms with Crippen molar-refractivity contribution in [2.45, 2.75) is 45.8 Å². The summed E-state index contributed by atoms with van der Waals surface area (Å²) in [5.74, 6) is -0.474. The lowest BCUT2D eigenvalue weighted by atomic mass is 10.1. The third-order valence-corrected chi connectivity index (χ3v) is 4.73. The maximum Gasteiger partial charge on any atom is 0.410 e. The number of anilines is 1. The van der Waals surface area contributed by atoms with Crippen molar-refractivity contribution in [3.05, 3.63) is 22.4 Å². The minimum Gasteiger partial charge on any atom is -0.464 e. The monoisotopic (exact) mass is 427 g/mol. The van der Waals surface area contributed by atoms with E-state index >= 15 is 0 Å². The number of carbonyl (C=O) groups is 2. The van der Waals surface area contributed by atoms with E-state index in [0.29, 0.717) is 24.2 Å². The van der Waals surface area contributed by atoms with Crippen molar-refractivity contribution < 1.29 is 19.1 Å². The number of aromatic nitrogens is 1. The van der Waals surface area contributed by atoms with Gasteiger partial charge >= 0.3 is 12.1 Å². The lowest BCUT2D eigenvalue weighted by Gasteiger charge is -2.42. The van der Waals surface area contributed by atoms with E-state index in [1.807, 2.05) is 26.8 Å². The van der Waals surface area contributed by atoms with E-state index in [4.69, 9.17) is 9.47 Å². The Bertz CT molecular complexity index is 675. The number of ether oxygens (including phenoxy) is 2. The van der Waals surface area contributed by atoms with Gasteiger partial charge in [-0.2, -0.15) is 0 Å². The van der Waals surface area contributed by atoms with Crippen molar-refractivity contribution in [1.29, 1.82) is 0 Å². The highest BCUT2D eigenvalue weighted by molar-refractivity contribution is 9.10. The van der Waals surface area contributed by atoms with Crippen molar-refractivity contribution in [1.82, 2.24) is 9.88 Å². The zero-order valence-corrected chi connectivity index (χ0v) is 17.5. The third-order valence-electron chi connectivity index (χ3n) is 4.15. The Labute approximate surface area is 162 Å². The first-order valence-electron chi connectivity index (χ1n) is 8.65. The fourth-order valence-corrected chi connectivity index (χ4v) is 3.44. The molecule has 2 heterocycles. The molecule has 1 saturated heterocycles. The molecule has 1 aliphatic heterocycles. The average Bonchev–Trinajstić information content (AvgIpc) is 2.58. The lowest BCUT2D eigenvalue weighted by molar-refractivity contribution is 0.0136. The number of halogens is 1. The molecule has 0 spiro atoms. The molecule has 0 N–H and O–H groups in total. The van der Waals surface area contributed by atoms with Crippen molar-refractivity contribution in [3.8, 4) is 0 Å². The molecule has 8 heteroatoms. The predicted octanol–water partition coefficient (Wildman–Crippen LogP) is 3.47. The average molecular weight is 428 g/mol. The van der Waals surface area contributed by atoms with Gasteiger partial charge in [0.15, 0.2) is 0 Å². The summed E-state index contributed by atoms with van der Waals surface area (Å²) in [6.45, 7) is 9.56. The topological polar surface area (TPSA) is 72.0 Å². The normalized spacial score (nSPS) is 17.8. The van der Waals surface area contributed by atoms with Gasteiger partial charge < -0.3 is 19.3 Å². The van der Waals surface area contributed by atoms with Gasteiger partial charge in [-0.05, 0) is 55.3 Å². The number of methoxy groups -OCH3 is 1. The molecule has 0 aromatic carbocycles. The largest absolute Gasteiger partial charge is 0.464 e. The molecule has 7 nitrogen and oxygen atoms in total. The highest BCUT2D eigenvalue weighted by Crippen LogP contribution is 2.28. The molecule has 0 bridgehead atoms. The van der Waals surface area contributed by atoms with Crippen LogP contribution in [0.1, 0.15) is 44.6 Å². The predicted molar refractivity (Wildman–Crippen MR) is 103 cm³/mol. The number of amides is 1. The summed E-state index contributed by atoms with van der Waals surface area (Å²) in [5, 5.41) is 0. The molecular weight excluding hydrogens is 402 g/mol. The molecule has 1 amide bonds. The fraction of sp³-hybridized carbons (Fsp3) is 0.611. The van der Waals surface area contributed by atoms with E-state index in [0.717, 1.165) is 12.1 Å². The van der Waals surface area contributed by atoms with E-state index < -0.39 is 11.6 Å². The summed E-state index contributed by atoms with van der Waals surface area (Å²) in [6, 6.07) is 3.54. The van der Waals surface area contributed by atoms with Crippen LogP contribution in [-0.2, 0) is 9.47 Å².